The van der Waals surface area contributed by atoms with E-state index in [1.807, 2.05) is 25.1 Å². The van der Waals surface area contributed by atoms with Crippen LogP contribution in [-0.4, -0.2) is 43.4 Å². The van der Waals surface area contributed by atoms with Crippen LogP contribution < -0.4 is 10.2 Å². The molecule has 2 aromatic carbocycles. The second kappa shape index (κ2) is 12.3. The van der Waals surface area contributed by atoms with Gasteiger partial charge in [0.1, 0.15) is 11.4 Å². The van der Waals surface area contributed by atoms with Crippen LogP contribution in [0.4, 0.5) is 10.5 Å². The smallest absolute Gasteiger partial charge is 0.415 e. The normalized spacial score (nSPS) is 15.3. The van der Waals surface area contributed by atoms with Crippen molar-refractivity contribution in [3.8, 4) is 5.75 Å². The number of carbonyl (C=O) groups is 1. The first-order valence-electron chi connectivity index (χ1n) is 12.0. The number of aromatic hydroxyl groups is 1. The Morgan fingerprint density at radius 3 is 2.36 bits per heavy atom. The van der Waals surface area contributed by atoms with Crippen molar-refractivity contribution in [2.75, 3.05) is 18.0 Å². The van der Waals surface area contributed by atoms with Gasteiger partial charge in [0, 0.05) is 24.2 Å². The Balaban J connectivity index is 0.00000106. The molecule has 1 amide bonds. The zero-order valence-corrected chi connectivity index (χ0v) is 22.4. The van der Waals surface area contributed by atoms with Crippen LogP contribution in [0.2, 0.25) is 0 Å². The Morgan fingerprint density at radius 1 is 1.17 bits per heavy atom. The number of phenolic OH excluding ortho intramolecular Hbond substituents is 1. The minimum absolute atomic E-state index is 0.220. The molecule has 3 rings (SSSR count). The third-order valence-corrected chi connectivity index (χ3v) is 6.67. The number of rotatable bonds is 9. The van der Waals surface area contributed by atoms with Crippen LogP contribution >= 0.6 is 0 Å². The van der Waals surface area contributed by atoms with Gasteiger partial charge in [0.25, 0.3) is 0 Å². The van der Waals surface area contributed by atoms with Gasteiger partial charge in [-0.25, -0.2) is 4.79 Å². The van der Waals surface area contributed by atoms with Crippen LogP contribution in [0.25, 0.3) is 0 Å². The molecule has 0 bridgehead atoms. The standard InChI is InChI=1S/C26H36N2O4.HNO2S/c1-6-26(7-2)20-10-8-9-11-21(20)28(24(31)32-26)15-14-25(4,5)27-17-23(30)19-12-13-22(29)18(3)16-19;1-4(2)3/h8-13,16,23,27,29-30H,6-7,14-15,17H2,1-5H3;1H. The van der Waals surface area contributed by atoms with Crippen LogP contribution in [0, 0.1) is 11.7 Å². The fourth-order valence-corrected chi connectivity index (χ4v) is 4.31. The second-order valence-electron chi connectivity index (χ2n) is 9.55. The van der Waals surface area contributed by atoms with E-state index in [0.717, 1.165) is 35.2 Å². The Bertz CT molecular complexity index is 1160. The predicted octanol–water partition coefficient (Wildman–Crippen LogP) is 4.79. The zero-order chi connectivity index (χ0) is 27.1. The van der Waals surface area contributed by atoms with E-state index in [-0.39, 0.29) is 17.4 Å². The first-order valence-corrected chi connectivity index (χ1v) is 13.1. The highest BCUT2D eigenvalue weighted by molar-refractivity contribution is 7.60. The molecule has 0 fully saturated rings. The molecule has 4 N–H and O–H groups in total. The van der Waals surface area contributed by atoms with Gasteiger partial charge in [-0.15, -0.1) is 0 Å². The average Bonchev–Trinajstić information content (AvgIpc) is 2.83. The van der Waals surface area contributed by atoms with E-state index in [1.54, 1.807) is 23.1 Å². The Morgan fingerprint density at radius 2 is 1.78 bits per heavy atom. The van der Waals surface area contributed by atoms with Crippen molar-refractivity contribution in [3.63, 3.8) is 0 Å². The van der Waals surface area contributed by atoms with E-state index in [2.05, 4.69) is 39.1 Å². The number of amides is 1. The van der Waals surface area contributed by atoms with Crippen molar-refractivity contribution >= 4 is 22.3 Å². The lowest BCUT2D eigenvalue weighted by atomic mass is 9.85. The molecule has 0 spiro atoms. The maximum absolute atomic E-state index is 12.9. The molecule has 0 saturated heterocycles. The minimum Gasteiger partial charge on any atom is -0.508 e. The SMILES string of the molecule is CCC1(CC)OC(=O)N(CCC(C)(C)NCC(O)c2ccc(O)c(C)c2)c2ccccc21.N=S(=O)=O. The molecular weight excluding hydrogens is 482 g/mol. The number of cyclic esters (lactones) is 1. The quantitative estimate of drug-likeness (QED) is 0.373. The van der Waals surface area contributed by atoms with E-state index in [4.69, 9.17) is 17.9 Å². The molecule has 1 aliphatic rings. The zero-order valence-electron chi connectivity index (χ0n) is 21.5. The molecule has 36 heavy (non-hydrogen) atoms. The molecule has 9 nitrogen and oxygen atoms in total. The molecule has 1 heterocycles. The highest BCUT2D eigenvalue weighted by atomic mass is 32.2. The summed E-state index contributed by atoms with van der Waals surface area (Å²) in [5.74, 6) is 0.220. The third kappa shape index (κ3) is 7.28. The molecule has 1 atom stereocenters. The van der Waals surface area contributed by atoms with Gasteiger partial charge in [-0.3, -0.25) is 4.90 Å². The van der Waals surface area contributed by atoms with Crippen molar-refractivity contribution in [1.82, 2.24) is 5.32 Å². The predicted molar refractivity (Wildman–Crippen MR) is 139 cm³/mol. The first-order chi connectivity index (χ1) is 16.9. The Kier molecular flexibility index (Phi) is 10.0. The van der Waals surface area contributed by atoms with Gasteiger partial charge in [0.2, 0.25) is 0 Å². The summed E-state index contributed by atoms with van der Waals surface area (Å²) < 4.78 is 28.8. The van der Waals surface area contributed by atoms with Gasteiger partial charge in [0.05, 0.1) is 11.8 Å². The van der Waals surface area contributed by atoms with E-state index < -0.39 is 22.2 Å². The van der Waals surface area contributed by atoms with Crippen LogP contribution in [-0.2, 0) is 20.8 Å². The summed E-state index contributed by atoms with van der Waals surface area (Å²) in [6.45, 7) is 10.9. The highest BCUT2D eigenvalue weighted by Crippen LogP contribution is 2.43. The van der Waals surface area contributed by atoms with E-state index in [0.29, 0.717) is 19.5 Å². The van der Waals surface area contributed by atoms with Crippen molar-refractivity contribution < 1.29 is 28.2 Å². The maximum Gasteiger partial charge on any atom is 0.415 e. The van der Waals surface area contributed by atoms with Gasteiger partial charge in [0.15, 0.2) is 0 Å². The highest BCUT2D eigenvalue weighted by Gasteiger charge is 2.42. The number of fused-ring (bicyclic) bond motifs is 1. The van der Waals surface area contributed by atoms with Crippen LogP contribution in [0.5, 0.6) is 5.75 Å². The van der Waals surface area contributed by atoms with Gasteiger partial charge < -0.3 is 20.3 Å². The second-order valence-corrected chi connectivity index (χ2v) is 10.0. The summed E-state index contributed by atoms with van der Waals surface area (Å²) in [5, 5.41) is 23.7. The Labute approximate surface area is 214 Å². The van der Waals surface area contributed by atoms with Crippen LogP contribution in [0.1, 0.15) is 69.8 Å². The van der Waals surface area contributed by atoms with Gasteiger partial charge in [-0.1, -0.05) is 38.1 Å². The largest absolute Gasteiger partial charge is 0.508 e. The number of aliphatic hydroxyl groups excluding tert-OH is 1. The summed E-state index contributed by atoms with van der Waals surface area (Å²) in [6, 6.07) is 13.1. The van der Waals surface area contributed by atoms with Gasteiger partial charge in [-0.2, -0.15) is 13.2 Å². The molecule has 2 aromatic rings. The third-order valence-electron chi connectivity index (χ3n) is 6.67. The molecule has 0 aromatic heterocycles. The maximum atomic E-state index is 12.9. The topological polar surface area (TPSA) is 140 Å². The molecule has 0 saturated carbocycles. The number of hydrogen-bond acceptors (Lipinski definition) is 8. The fraction of sp³-hybridized carbons (Fsp3) is 0.500. The van der Waals surface area contributed by atoms with Crippen LogP contribution in [0.3, 0.4) is 0 Å². The summed E-state index contributed by atoms with van der Waals surface area (Å²) in [6.07, 6.45) is 1.17. The number of ether oxygens (including phenoxy) is 1. The fourth-order valence-electron chi connectivity index (χ4n) is 4.31. The van der Waals surface area contributed by atoms with Crippen molar-refractivity contribution in [2.24, 2.45) is 0 Å². The molecule has 0 radical (unpaired) electrons. The number of benzene rings is 2. The van der Waals surface area contributed by atoms with Crippen LogP contribution in [0.15, 0.2) is 42.5 Å². The molecule has 0 aliphatic carbocycles. The average molecular weight is 520 g/mol. The number of hydrogen-bond donors (Lipinski definition) is 4. The van der Waals surface area contributed by atoms with Gasteiger partial charge in [-0.05, 0) is 69.4 Å². The van der Waals surface area contributed by atoms with E-state index >= 15 is 0 Å². The van der Waals surface area contributed by atoms with Crippen molar-refractivity contribution in [1.29, 1.82) is 4.78 Å². The van der Waals surface area contributed by atoms with E-state index in [1.165, 1.54) is 0 Å². The Hall–Kier alpha value is -2.95. The number of anilines is 1. The number of phenols is 1. The van der Waals surface area contributed by atoms with Gasteiger partial charge >= 0.3 is 16.6 Å². The number of aryl methyl sites for hydroxylation is 1. The number of para-hydroxylation sites is 1. The van der Waals surface area contributed by atoms with E-state index in [9.17, 15) is 15.0 Å². The molecule has 1 aliphatic heterocycles. The van der Waals surface area contributed by atoms with Crippen molar-refractivity contribution in [2.45, 2.75) is 71.1 Å². The molecule has 1 unspecified atom stereocenters. The number of carbonyl (C=O) groups excluding carboxylic acids is 1. The number of nitrogens with zero attached hydrogens (tertiary/aromatic N) is 1. The first kappa shape index (κ1) is 29.3. The molecular formula is C26H37N3O6S. The summed E-state index contributed by atoms with van der Waals surface area (Å²) in [4.78, 5) is 14.7. The number of nitrogens with one attached hydrogen (secondary N) is 2. The molecule has 198 valence electrons. The number of β-amino-alcohol motifs (C(OH)–C–C–N with tert-alkyl or cyclic N) is 1. The lowest BCUT2D eigenvalue weighted by Gasteiger charge is -2.42. The summed E-state index contributed by atoms with van der Waals surface area (Å²) >= 11 is 0. The monoisotopic (exact) mass is 519 g/mol. The minimum atomic E-state index is -2.61. The summed E-state index contributed by atoms with van der Waals surface area (Å²) in [5.41, 5.74) is 2.60. The molecule has 10 heteroatoms. The summed E-state index contributed by atoms with van der Waals surface area (Å²) in [7, 11) is -2.61. The lowest BCUT2D eigenvalue weighted by Crippen LogP contribution is -2.49. The van der Waals surface area contributed by atoms with Crippen molar-refractivity contribution in [3.05, 3.63) is 59.2 Å². The lowest BCUT2D eigenvalue weighted by molar-refractivity contribution is -0.00134. The number of aliphatic hydroxyl groups is 1.